The first kappa shape index (κ1) is 17.4. The molecule has 9 heteroatoms. The molecule has 7 nitrogen and oxygen atoms in total. The summed E-state index contributed by atoms with van der Waals surface area (Å²) in [5.74, 6) is 1.57. The van der Waals surface area contributed by atoms with E-state index in [0.29, 0.717) is 39.3 Å². The molecule has 0 bridgehead atoms. The molecule has 25 heavy (non-hydrogen) atoms. The maximum atomic E-state index is 12.7. The molecule has 2 aromatic heterocycles. The molecule has 0 unspecified atom stereocenters. The van der Waals surface area contributed by atoms with Gasteiger partial charge in [0, 0.05) is 17.0 Å². The molecule has 0 saturated heterocycles. The standard InChI is InChI=1S/C16H17N3O4S2/c1-4-15-17-16(18-23-15)13-9-14(10(2)24-13)25(20,21)19-11-5-7-12(22-3)8-6-11/h5-9,19H,4H2,1-3H3. The van der Waals surface area contributed by atoms with Gasteiger partial charge in [0.1, 0.15) is 10.6 Å². The van der Waals surface area contributed by atoms with Crippen LogP contribution in [0.1, 0.15) is 17.7 Å². The number of aryl methyl sites for hydroxylation is 2. The van der Waals surface area contributed by atoms with Crippen LogP contribution in [0.5, 0.6) is 5.75 Å². The first-order valence-electron chi connectivity index (χ1n) is 7.53. The smallest absolute Gasteiger partial charge is 0.263 e. The molecular weight excluding hydrogens is 362 g/mol. The zero-order valence-corrected chi connectivity index (χ0v) is 15.6. The van der Waals surface area contributed by atoms with E-state index in [1.54, 1.807) is 44.4 Å². The van der Waals surface area contributed by atoms with Crippen molar-refractivity contribution in [2.45, 2.75) is 25.2 Å². The number of aromatic nitrogens is 2. The highest BCUT2D eigenvalue weighted by molar-refractivity contribution is 7.93. The zero-order valence-electron chi connectivity index (χ0n) is 13.9. The van der Waals surface area contributed by atoms with Crippen molar-refractivity contribution in [3.63, 3.8) is 0 Å². The van der Waals surface area contributed by atoms with E-state index in [-0.39, 0.29) is 4.90 Å². The van der Waals surface area contributed by atoms with Crippen molar-refractivity contribution in [2.24, 2.45) is 0 Å². The number of methoxy groups -OCH3 is 1. The molecule has 1 N–H and O–H groups in total. The first-order valence-corrected chi connectivity index (χ1v) is 9.83. The van der Waals surface area contributed by atoms with E-state index in [4.69, 9.17) is 9.26 Å². The third kappa shape index (κ3) is 3.67. The molecule has 0 aliphatic carbocycles. The van der Waals surface area contributed by atoms with Gasteiger partial charge in [-0.3, -0.25) is 4.72 Å². The molecule has 1 aromatic carbocycles. The Hall–Kier alpha value is -2.39. The van der Waals surface area contributed by atoms with E-state index in [1.165, 1.54) is 11.3 Å². The fourth-order valence-electron chi connectivity index (χ4n) is 2.21. The lowest BCUT2D eigenvalue weighted by atomic mass is 10.3. The minimum Gasteiger partial charge on any atom is -0.497 e. The Balaban J connectivity index is 1.88. The van der Waals surface area contributed by atoms with Gasteiger partial charge in [-0.1, -0.05) is 12.1 Å². The Kier molecular flexibility index (Phi) is 4.78. The van der Waals surface area contributed by atoms with Gasteiger partial charge in [-0.05, 0) is 37.3 Å². The summed E-state index contributed by atoms with van der Waals surface area (Å²) in [6.07, 6.45) is 0.627. The van der Waals surface area contributed by atoms with Crippen LogP contribution in [0.15, 0.2) is 39.8 Å². The van der Waals surface area contributed by atoms with E-state index in [1.807, 2.05) is 6.92 Å². The van der Waals surface area contributed by atoms with Crippen LogP contribution in [-0.4, -0.2) is 25.7 Å². The number of benzene rings is 1. The molecule has 132 valence electrons. The van der Waals surface area contributed by atoms with Crippen LogP contribution in [0.25, 0.3) is 10.7 Å². The average molecular weight is 379 g/mol. The monoisotopic (exact) mass is 379 g/mol. The van der Waals surface area contributed by atoms with Crippen molar-refractivity contribution in [2.75, 3.05) is 11.8 Å². The molecule has 0 aliphatic rings. The lowest BCUT2D eigenvalue weighted by molar-refractivity contribution is 0.383. The third-order valence-electron chi connectivity index (χ3n) is 3.49. The lowest BCUT2D eigenvalue weighted by Gasteiger charge is -2.08. The molecular formula is C16H17N3O4S2. The SMILES string of the molecule is CCc1nc(-c2cc(S(=O)(=O)Nc3ccc(OC)cc3)c(C)s2)no1. The lowest BCUT2D eigenvalue weighted by Crippen LogP contribution is -2.13. The number of sulfonamides is 1. The van der Waals surface area contributed by atoms with Crippen LogP contribution in [0.4, 0.5) is 5.69 Å². The van der Waals surface area contributed by atoms with E-state index >= 15 is 0 Å². The van der Waals surface area contributed by atoms with Crippen molar-refractivity contribution in [1.82, 2.24) is 10.1 Å². The maximum absolute atomic E-state index is 12.7. The van der Waals surface area contributed by atoms with Crippen molar-refractivity contribution in [3.05, 3.63) is 41.1 Å². The predicted octanol–water partition coefficient (Wildman–Crippen LogP) is 3.48. The van der Waals surface area contributed by atoms with Crippen molar-refractivity contribution in [1.29, 1.82) is 0 Å². The summed E-state index contributed by atoms with van der Waals surface area (Å²) in [7, 11) is -2.16. The highest BCUT2D eigenvalue weighted by Gasteiger charge is 2.22. The minimum atomic E-state index is -3.72. The number of hydrogen-bond donors (Lipinski definition) is 1. The predicted molar refractivity (Wildman–Crippen MR) is 95.5 cm³/mol. The Morgan fingerprint density at radius 3 is 2.60 bits per heavy atom. The van der Waals surface area contributed by atoms with Crippen LogP contribution in [-0.2, 0) is 16.4 Å². The second-order valence-corrected chi connectivity index (χ2v) is 8.14. The zero-order chi connectivity index (χ0) is 18.0. The second-order valence-electron chi connectivity index (χ2n) is 5.23. The summed E-state index contributed by atoms with van der Waals surface area (Å²) in [6.45, 7) is 3.66. The Morgan fingerprint density at radius 2 is 2.00 bits per heavy atom. The van der Waals surface area contributed by atoms with Gasteiger partial charge in [-0.25, -0.2) is 8.42 Å². The highest BCUT2D eigenvalue weighted by atomic mass is 32.2. The van der Waals surface area contributed by atoms with Crippen LogP contribution < -0.4 is 9.46 Å². The molecule has 0 atom stereocenters. The molecule has 2 heterocycles. The summed E-state index contributed by atoms with van der Waals surface area (Å²) >= 11 is 1.31. The number of rotatable bonds is 6. The van der Waals surface area contributed by atoms with Gasteiger partial charge in [0.25, 0.3) is 10.0 Å². The molecule has 0 spiro atoms. The van der Waals surface area contributed by atoms with Gasteiger partial charge >= 0.3 is 0 Å². The summed E-state index contributed by atoms with van der Waals surface area (Å²) in [5.41, 5.74) is 0.459. The van der Waals surface area contributed by atoms with Crippen molar-refractivity contribution in [3.8, 4) is 16.5 Å². The normalized spacial score (nSPS) is 11.5. The average Bonchev–Trinajstić information content (AvgIpc) is 3.21. The van der Waals surface area contributed by atoms with Crippen LogP contribution in [0, 0.1) is 6.92 Å². The molecule has 3 aromatic rings. The van der Waals surface area contributed by atoms with Gasteiger partial charge in [0.05, 0.1) is 12.0 Å². The van der Waals surface area contributed by atoms with Crippen LogP contribution in [0.2, 0.25) is 0 Å². The van der Waals surface area contributed by atoms with E-state index in [2.05, 4.69) is 14.9 Å². The van der Waals surface area contributed by atoms with E-state index in [0.717, 1.165) is 0 Å². The molecule has 3 rings (SSSR count). The molecule has 0 radical (unpaired) electrons. The topological polar surface area (TPSA) is 94.3 Å². The summed E-state index contributed by atoms with van der Waals surface area (Å²) in [6, 6.07) is 8.23. The fourth-order valence-corrected chi connectivity index (χ4v) is 4.79. The summed E-state index contributed by atoms with van der Waals surface area (Å²) < 4.78 is 38.1. The Bertz CT molecular complexity index is 975. The minimum absolute atomic E-state index is 0.200. The Morgan fingerprint density at radius 1 is 1.28 bits per heavy atom. The van der Waals surface area contributed by atoms with Crippen molar-refractivity contribution >= 4 is 27.0 Å². The molecule has 0 amide bonds. The van der Waals surface area contributed by atoms with Gasteiger partial charge in [0.15, 0.2) is 0 Å². The molecule has 0 aliphatic heterocycles. The van der Waals surface area contributed by atoms with Gasteiger partial charge < -0.3 is 9.26 Å². The van der Waals surface area contributed by atoms with Crippen molar-refractivity contribution < 1.29 is 17.7 Å². The molecule has 0 fully saturated rings. The number of ether oxygens (including phenoxy) is 1. The number of anilines is 1. The highest BCUT2D eigenvalue weighted by Crippen LogP contribution is 2.33. The van der Waals surface area contributed by atoms with Gasteiger partial charge in [-0.2, -0.15) is 4.98 Å². The first-order chi connectivity index (χ1) is 11.9. The van der Waals surface area contributed by atoms with Crippen LogP contribution in [0.3, 0.4) is 0 Å². The maximum Gasteiger partial charge on any atom is 0.263 e. The summed E-state index contributed by atoms with van der Waals surface area (Å²) in [4.78, 5) is 5.74. The largest absolute Gasteiger partial charge is 0.497 e. The number of nitrogens with one attached hydrogen (secondary N) is 1. The number of hydrogen-bond acceptors (Lipinski definition) is 7. The quantitative estimate of drug-likeness (QED) is 0.705. The van der Waals surface area contributed by atoms with E-state index in [9.17, 15) is 8.42 Å². The fraction of sp³-hybridized carbons (Fsp3) is 0.250. The van der Waals surface area contributed by atoms with Gasteiger partial charge in [-0.15, -0.1) is 11.3 Å². The Labute approximate surface area is 149 Å². The number of nitrogens with zero attached hydrogens (tertiary/aromatic N) is 2. The van der Waals surface area contributed by atoms with Gasteiger partial charge in [0.2, 0.25) is 11.7 Å². The second kappa shape index (κ2) is 6.85. The number of thiophene rings is 1. The van der Waals surface area contributed by atoms with Crippen LogP contribution >= 0.6 is 11.3 Å². The summed E-state index contributed by atoms with van der Waals surface area (Å²) in [5, 5.41) is 3.89. The molecule has 0 saturated carbocycles. The third-order valence-corrected chi connectivity index (χ3v) is 6.18. The van der Waals surface area contributed by atoms with E-state index < -0.39 is 10.0 Å².